The van der Waals surface area contributed by atoms with E-state index in [1.165, 1.54) is 39.7 Å². The molecule has 0 spiro atoms. The van der Waals surface area contributed by atoms with E-state index in [1.807, 2.05) is 0 Å². The summed E-state index contributed by atoms with van der Waals surface area (Å²) in [6.45, 7) is 16.7. The Balaban J connectivity index is 1.56. The van der Waals surface area contributed by atoms with Crippen LogP contribution in [0.4, 0.5) is 11.4 Å². The average molecular weight is 675 g/mol. The van der Waals surface area contributed by atoms with Crippen molar-refractivity contribution in [2.24, 2.45) is 0 Å². The van der Waals surface area contributed by atoms with E-state index in [2.05, 4.69) is 100 Å². The maximum Gasteiger partial charge on any atom is 0.304 e. The molecule has 3 aliphatic rings. The van der Waals surface area contributed by atoms with Crippen LogP contribution in [-0.2, 0) is 20.2 Å². The van der Waals surface area contributed by atoms with Crippen LogP contribution in [0.2, 0.25) is 0 Å². The standard InChI is InChI=1S/C38H47N2O5PS/c1-8-39-31-17-13-25(3)23-29(31)37(4,5)33(39)19-14-26-11-10-12-27(36(26)47-22-21-35(41)42)15-20-34-38(6,7)30-24-28(46(43,44)45)16-18-32(30)40(34)9-2/h13-20,23-24H,8-12,21-22H2,1-7H3,(H2-,41,42,43,44,45). The van der Waals surface area contributed by atoms with Gasteiger partial charge in [-0.1, -0.05) is 43.7 Å². The van der Waals surface area contributed by atoms with E-state index < -0.39 is 19.0 Å². The van der Waals surface area contributed by atoms with E-state index in [9.17, 15) is 24.3 Å². The molecular formula is C38H47N2O5PS. The first-order valence-electron chi connectivity index (χ1n) is 16.5. The predicted molar refractivity (Wildman–Crippen MR) is 193 cm³/mol. The molecule has 2 aromatic carbocycles. The molecule has 9 heteroatoms. The molecule has 250 valence electrons. The number of hydrogen-bond donors (Lipinski definition) is 2. The summed E-state index contributed by atoms with van der Waals surface area (Å²) in [6, 6.07) is 11.5. The average Bonchev–Trinajstić information content (AvgIpc) is 3.36. The van der Waals surface area contributed by atoms with E-state index in [-0.39, 0.29) is 17.1 Å². The highest BCUT2D eigenvalue weighted by atomic mass is 32.2. The summed E-state index contributed by atoms with van der Waals surface area (Å²) >= 11 is 1.62. The van der Waals surface area contributed by atoms with E-state index in [4.69, 9.17) is 0 Å². The van der Waals surface area contributed by atoms with Crippen LogP contribution in [0.1, 0.15) is 83.9 Å². The number of allylic oxidation sites excluding steroid dienone is 7. The smallest absolute Gasteiger partial charge is 0.304 e. The first kappa shape index (κ1) is 35.2. The number of aliphatic carboxylic acids is 1. The fourth-order valence-electron chi connectivity index (χ4n) is 7.32. The molecule has 2 aliphatic heterocycles. The second-order valence-electron chi connectivity index (χ2n) is 13.6. The van der Waals surface area contributed by atoms with Gasteiger partial charge in [0.25, 0.3) is 0 Å². The molecule has 0 saturated heterocycles. The van der Waals surface area contributed by atoms with Gasteiger partial charge in [0.1, 0.15) is 6.54 Å². The van der Waals surface area contributed by atoms with E-state index >= 15 is 0 Å². The Kier molecular flexibility index (Phi) is 10.0. The zero-order valence-electron chi connectivity index (χ0n) is 28.6. The number of nitrogens with zero attached hydrogens (tertiary/aromatic N) is 2. The van der Waals surface area contributed by atoms with Gasteiger partial charge < -0.3 is 24.4 Å². The summed E-state index contributed by atoms with van der Waals surface area (Å²) in [5.41, 5.74) is 9.72. The first-order chi connectivity index (χ1) is 22.1. The Morgan fingerprint density at radius 2 is 1.79 bits per heavy atom. The van der Waals surface area contributed by atoms with Crippen molar-refractivity contribution in [2.75, 3.05) is 23.7 Å². The van der Waals surface area contributed by atoms with Gasteiger partial charge in [-0.25, -0.2) is 0 Å². The van der Waals surface area contributed by atoms with Crippen LogP contribution < -0.4 is 15.1 Å². The van der Waals surface area contributed by atoms with Crippen molar-refractivity contribution in [1.82, 2.24) is 0 Å². The van der Waals surface area contributed by atoms with Crippen LogP contribution >= 0.6 is 19.4 Å². The van der Waals surface area contributed by atoms with Crippen molar-refractivity contribution >= 4 is 47.7 Å². The minimum Gasteiger partial charge on any atom is -0.775 e. The summed E-state index contributed by atoms with van der Waals surface area (Å²) in [5.74, 6) is -0.316. The van der Waals surface area contributed by atoms with Crippen molar-refractivity contribution < 1.29 is 28.8 Å². The summed E-state index contributed by atoms with van der Waals surface area (Å²) < 4.78 is 14.2. The third-order valence-electron chi connectivity index (χ3n) is 9.80. The molecule has 2 heterocycles. The van der Waals surface area contributed by atoms with Crippen molar-refractivity contribution in [3.63, 3.8) is 0 Å². The molecule has 2 aromatic rings. The van der Waals surface area contributed by atoms with Crippen molar-refractivity contribution in [3.05, 3.63) is 99.1 Å². The number of hydrogen-bond acceptors (Lipinski definition) is 5. The lowest BCUT2D eigenvalue weighted by Crippen LogP contribution is -2.28. The summed E-state index contributed by atoms with van der Waals surface area (Å²) in [7, 11) is -4.64. The molecule has 0 saturated carbocycles. The highest BCUT2D eigenvalue weighted by Gasteiger charge is 2.44. The second kappa shape index (κ2) is 13.4. The van der Waals surface area contributed by atoms with Gasteiger partial charge in [0.15, 0.2) is 13.3 Å². The molecule has 0 bridgehead atoms. The van der Waals surface area contributed by atoms with Crippen LogP contribution in [0.25, 0.3) is 0 Å². The first-order valence-corrected chi connectivity index (χ1v) is 19.1. The van der Waals surface area contributed by atoms with E-state index in [0.717, 1.165) is 47.7 Å². The predicted octanol–water partition coefficient (Wildman–Crippen LogP) is 7.39. The van der Waals surface area contributed by atoms with Gasteiger partial charge in [-0.05, 0) is 94.9 Å². The Labute approximate surface area is 283 Å². The van der Waals surface area contributed by atoms with Gasteiger partial charge in [0.05, 0.1) is 11.8 Å². The molecule has 47 heavy (non-hydrogen) atoms. The largest absolute Gasteiger partial charge is 0.775 e. The van der Waals surface area contributed by atoms with Crippen LogP contribution in [0.15, 0.2) is 82.5 Å². The molecule has 0 aromatic heterocycles. The Morgan fingerprint density at radius 3 is 2.45 bits per heavy atom. The molecule has 0 radical (unpaired) electrons. The SMILES string of the molecule is CCN1/C(=C/C=C2\CCCC(/C=C/C3=[N+](CC)c4ccc(P(=O)([O-])O)cc4C3(C)C)=C2SCCC(=O)O)C(C)(C)c2cc(C)ccc21. The molecule has 1 unspecified atom stereocenters. The lowest BCUT2D eigenvalue weighted by Gasteiger charge is -2.26. The summed E-state index contributed by atoms with van der Waals surface area (Å²) in [6.07, 6.45) is 11.7. The third-order valence-corrected chi connectivity index (χ3v) is 12.0. The van der Waals surface area contributed by atoms with Crippen molar-refractivity contribution in [1.29, 1.82) is 0 Å². The Morgan fingerprint density at radius 1 is 1.04 bits per heavy atom. The number of carboxylic acids is 1. The number of aryl methyl sites for hydroxylation is 1. The number of anilines is 1. The zero-order valence-corrected chi connectivity index (χ0v) is 30.3. The number of benzene rings is 2. The monoisotopic (exact) mass is 674 g/mol. The Hall–Kier alpha value is -3.16. The van der Waals surface area contributed by atoms with Crippen molar-refractivity contribution in [2.45, 2.75) is 85.0 Å². The lowest BCUT2D eigenvalue weighted by molar-refractivity contribution is -0.433. The van der Waals surface area contributed by atoms with Crippen LogP contribution in [-0.4, -0.2) is 45.1 Å². The molecule has 5 rings (SSSR count). The zero-order chi connectivity index (χ0) is 34.3. The molecule has 1 atom stereocenters. The van der Waals surface area contributed by atoms with Crippen LogP contribution in [0.5, 0.6) is 0 Å². The highest BCUT2D eigenvalue weighted by Crippen LogP contribution is 2.48. The number of fused-ring (bicyclic) bond motifs is 2. The maximum absolute atomic E-state index is 12.0. The van der Waals surface area contributed by atoms with Gasteiger partial charge in [-0.3, -0.25) is 4.79 Å². The minimum atomic E-state index is -4.64. The number of rotatable bonds is 10. The molecular weight excluding hydrogens is 627 g/mol. The number of carbonyl (C=O) groups is 1. The van der Waals surface area contributed by atoms with Gasteiger partial charge in [0.2, 0.25) is 5.69 Å². The normalized spacial score (nSPS) is 21.6. The van der Waals surface area contributed by atoms with E-state index in [1.54, 1.807) is 23.9 Å². The third kappa shape index (κ3) is 6.76. The van der Waals surface area contributed by atoms with Crippen LogP contribution in [0.3, 0.4) is 0 Å². The fourth-order valence-corrected chi connectivity index (χ4v) is 9.06. The number of likely N-dealkylation sites (N-methyl/N-ethyl adjacent to an activating group) is 1. The van der Waals surface area contributed by atoms with Gasteiger partial charge in [-0.2, -0.15) is 4.58 Å². The Bertz CT molecular complexity index is 1810. The maximum atomic E-state index is 12.0. The van der Waals surface area contributed by atoms with Crippen LogP contribution in [0, 0.1) is 6.92 Å². The highest BCUT2D eigenvalue weighted by molar-refractivity contribution is 8.03. The molecule has 2 N–H and O–H groups in total. The molecule has 1 aliphatic carbocycles. The van der Waals surface area contributed by atoms with Gasteiger partial charge >= 0.3 is 5.97 Å². The minimum absolute atomic E-state index is 0.0769. The molecule has 7 nitrogen and oxygen atoms in total. The number of thioether (sulfide) groups is 1. The summed E-state index contributed by atoms with van der Waals surface area (Å²) in [5, 5.41) is 9.35. The topological polar surface area (TPSA) is 104 Å². The van der Waals surface area contributed by atoms with Gasteiger partial charge in [-0.15, -0.1) is 11.8 Å². The quantitative estimate of drug-likeness (QED) is 0.200. The molecule has 0 amide bonds. The van der Waals surface area contributed by atoms with Gasteiger partial charge in [0, 0.05) is 57.0 Å². The number of carboxylic acid groups (broad SMARTS) is 1. The second-order valence-corrected chi connectivity index (χ2v) is 16.3. The van der Waals surface area contributed by atoms with Crippen molar-refractivity contribution in [3.8, 4) is 0 Å². The fraction of sp³-hybridized carbons (Fsp3) is 0.421. The molecule has 0 fully saturated rings. The lowest BCUT2D eigenvalue weighted by atomic mass is 9.81. The summed E-state index contributed by atoms with van der Waals surface area (Å²) in [4.78, 5) is 36.7. The van der Waals surface area contributed by atoms with E-state index in [0.29, 0.717) is 12.3 Å².